The maximum absolute atomic E-state index is 4.00. The third kappa shape index (κ3) is 9.12. The van der Waals surface area contributed by atoms with Gasteiger partial charge in [-0.2, -0.15) is 0 Å². The van der Waals surface area contributed by atoms with E-state index in [0.29, 0.717) is 0 Å². The van der Waals surface area contributed by atoms with Crippen molar-refractivity contribution in [2.45, 2.75) is 27.7 Å². The molecule has 0 bridgehead atoms. The molecule has 0 nitrogen and oxygen atoms in total. The molecule has 0 spiro atoms. The molecule has 0 aliphatic heterocycles. The maximum atomic E-state index is 4.00. The zero-order valence-corrected chi connectivity index (χ0v) is 6.31. The summed E-state index contributed by atoms with van der Waals surface area (Å²) in [5, 5.41) is 0. The van der Waals surface area contributed by atoms with Gasteiger partial charge >= 0.3 is 0 Å². The van der Waals surface area contributed by atoms with Crippen molar-refractivity contribution >= 4 is 0 Å². The predicted octanol–water partition coefficient (Wildman–Crippen LogP) is 2.55. The van der Waals surface area contributed by atoms with E-state index in [1.165, 1.54) is 0 Å². The summed E-state index contributed by atoms with van der Waals surface area (Å²) < 4.78 is 0. The van der Waals surface area contributed by atoms with Gasteiger partial charge in [-0.05, 0) is 11.8 Å². The molecule has 0 heterocycles. The second-order valence-electron chi connectivity index (χ2n) is 2.49. The zero-order valence-electron chi connectivity index (χ0n) is 6.31. The quantitative estimate of drug-likeness (QED) is 0.457. The fourth-order valence-electron chi connectivity index (χ4n) is 0. The highest BCUT2D eigenvalue weighted by Crippen LogP contribution is 2.05. The van der Waals surface area contributed by atoms with E-state index >= 15 is 0 Å². The normalized spacial score (nSPS) is 8.50. The summed E-state index contributed by atoms with van der Waals surface area (Å²) in [6.45, 7) is 8.96. The average Bonchev–Trinajstić information content (AvgIpc) is 1.72. The Kier molecular flexibility index (Phi) is 8.63. The van der Waals surface area contributed by atoms with Gasteiger partial charge in [-0.3, -0.25) is 0 Å². The van der Waals surface area contributed by atoms with Gasteiger partial charge in [0.15, 0.2) is 0 Å². The summed E-state index contributed by atoms with van der Waals surface area (Å²) in [6, 6.07) is 0. The molecule has 48 valence electrons. The van der Waals surface area contributed by atoms with Crippen LogP contribution >= 0.6 is 0 Å². The van der Waals surface area contributed by atoms with Gasteiger partial charge in [0.25, 0.3) is 0 Å². The van der Waals surface area contributed by atoms with E-state index < -0.39 is 0 Å². The minimum Gasteiger partial charge on any atom is -0.124 e. The molecule has 0 atom stereocenters. The van der Waals surface area contributed by atoms with Crippen LogP contribution in [-0.2, 0) is 0 Å². The third-order valence-electron chi connectivity index (χ3n) is 1.33. The largest absolute Gasteiger partial charge is 0.124 e. The van der Waals surface area contributed by atoms with Gasteiger partial charge in [0.05, 0.1) is 0 Å². The molecular formula is C8H16. The Morgan fingerprint density at radius 2 is 0.875 bits per heavy atom. The Hall–Kier alpha value is -0.440. The van der Waals surface area contributed by atoms with Gasteiger partial charge in [-0.15, -0.1) is 12.8 Å². The maximum Gasteiger partial charge on any atom is -0.0448 e. The van der Waals surface area contributed by atoms with Gasteiger partial charge in [0, 0.05) is 0 Å². The molecule has 0 aliphatic carbocycles. The molecule has 0 aromatic rings. The molecule has 0 unspecified atom stereocenters. The Balaban J connectivity index is 0. The van der Waals surface area contributed by atoms with Crippen molar-refractivity contribution in [2.24, 2.45) is 11.8 Å². The van der Waals surface area contributed by atoms with Crippen molar-refractivity contribution in [3.05, 3.63) is 0 Å². The summed E-state index contributed by atoms with van der Waals surface area (Å²) >= 11 is 0. The van der Waals surface area contributed by atoms with Crippen LogP contribution in [0.1, 0.15) is 27.7 Å². The van der Waals surface area contributed by atoms with E-state index in [9.17, 15) is 0 Å². The predicted molar refractivity (Wildman–Crippen MR) is 39.6 cm³/mol. The van der Waals surface area contributed by atoms with Crippen LogP contribution < -0.4 is 0 Å². The summed E-state index contributed by atoms with van der Waals surface area (Å²) in [5.74, 6) is 1.70. The van der Waals surface area contributed by atoms with Crippen molar-refractivity contribution in [1.82, 2.24) is 0 Å². The van der Waals surface area contributed by atoms with Crippen LogP contribution in [0.5, 0.6) is 0 Å². The van der Waals surface area contributed by atoms with Gasteiger partial charge in [0.2, 0.25) is 0 Å². The van der Waals surface area contributed by atoms with Crippen LogP contribution in [0.15, 0.2) is 0 Å². The van der Waals surface area contributed by atoms with E-state index in [0.717, 1.165) is 11.8 Å². The van der Waals surface area contributed by atoms with E-state index in [1.807, 2.05) is 0 Å². The van der Waals surface area contributed by atoms with E-state index in [1.54, 1.807) is 0 Å². The number of hydrogen-bond acceptors (Lipinski definition) is 0. The van der Waals surface area contributed by atoms with Crippen molar-refractivity contribution in [3.8, 4) is 12.8 Å². The topological polar surface area (TPSA) is 0 Å². The van der Waals surface area contributed by atoms with Gasteiger partial charge in [-0.25, -0.2) is 0 Å². The highest BCUT2D eigenvalue weighted by molar-refractivity contribution is 4.47. The van der Waals surface area contributed by atoms with Crippen LogP contribution in [0.25, 0.3) is 0 Å². The number of terminal acetylenes is 1. The van der Waals surface area contributed by atoms with Crippen LogP contribution in [-0.4, -0.2) is 0 Å². The highest BCUT2D eigenvalue weighted by atomic mass is 14.0. The number of hydrogen-bond donors (Lipinski definition) is 0. The lowest BCUT2D eigenvalue weighted by Crippen LogP contribution is -1.95. The average molecular weight is 112 g/mol. The number of rotatable bonds is 1. The second-order valence-corrected chi connectivity index (χ2v) is 2.49. The smallest absolute Gasteiger partial charge is 0.0448 e. The molecule has 0 saturated carbocycles. The van der Waals surface area contributed by atoms with Crippen molar-refractivity contribution in [2.75, 3.05) is 0 Å². The first-order chi connectivity index (χ1) is 3.64. The molecule has 0 fully saturated rings. The molecule has 0 rings (SSSR count). The summed E-state index contributed by atoms with van der Waals surface area (Å²) in [4.78, 5) is 0. The Labute approximate surface area is 53.3 Å². The molecule has 0 aromatic heterocycles. The zero-order chi connectivity index (χ0) is 7.15. The molecular weight excluding hydrogens is 96.1 g/mol. The molecule has 0 radical (unpaired) electrons. The molecule has 8 heavy (non-hydrogen) atoms. The van der Waals surface area contributed by atoms with E-state index in [-0.39, 0.29) is 0 Å². The lowest BCUT2D eigenvalue weighted by atomic mass is 10.0. The van der Waals surface area contributed by atoms with Crippen LogP contribution in [0, 0.1) is 24.7 Å². The molecule has 0 N–H and O–H groups in total. The molecule has 0 heteroatoms. The van der Waals surface area contributed by atoms with E-state index in [2.05, 4.69) is 40.5 Å². The summed E-state index contributed by atoms with van der Waals surface area (Å²) in [7, 11) is 0. The Morgan fingerprint density at radius 3 is 0.875 bits per heavy atom. The summed E-state index contributed by atoms with van der Waals surface area (Å²) in [6.07, 6.45) is 8.00. The minimum absolute atomic E-state index is 0.852. The lowest BCUT2D eigenvalue weighted by molar-refractivity contribution is 0.457. The molecule has 0 amide bonds. The molecule has 0 saturated heterocycles. The van der Waals surface area contributed by atoms with Crippen molar-refractivity contribution in [3.63, 3.8) is 0 Å². The van der Waals surface area contributed by atoms with Crippen molar-refractivity contribution < 1.29 is 0 Å². The lowest BCUT2D eigenvalue weighted by Gasteiger charge is -2.05. The molecule has 0 aromatic carbocycles. The van der Waals surface area contributed by atoms with Crippen molar-refractivity contribution in [1.29, 1.82) is 0 Å². The standard InChI is InChI=1S/C6H14.C2H2/c1-5(2)6(3)4;1-2/h5-6H,1-4H3;1-2H. The SMILES string of the molecule is C#C.CC(C)C(C)C. The van der Waals surface area contributed by atoms with E-state index in [4.69, 9.17) is 0 Å². The van der Waals surface area contributed by atoms with Crippen LogP contribution in [0.4, 0.5) is 0 Å². The summed E-state index contributed by atoms with van der Waals surface area (Å²) in [5.41, 5.74) is 0. The van der Waals surface area contributed by atoms with Gasteiger partial charge in [0.1, 0.15) is 0 Å². The first kappa shape index (κ1) is 10.5. The van der Waals surface area contributed by atoms with Crippen LogP contribution in [0.3, 0.4) is 0 Å². The first-order valence-electron chi connectivity index (χ1n) is 2.98. The minimum atomic E-state index is 0.852. The Morgan fingerprint density at radius 1 is 0.750 bits per heavy atom. The monoisotopic (exact) mass is 112 g/mol. The highest BCUT2D eigenvalue weighted by Gasteiger charge is 1.95. The van der Waals surface area contributed by atoms with Gasteiger partial charge < -0.3 is 0 Å². The first-order valence-corrected chi connectivity index (χ1v) is 2.98. The van der Waals surface area contributed by atoms with Crippen LogP contribution in [0.2, 0.25) is 0 Å². The third-order valence-corrected chi connectivity index (χ3v) is 1.33. The Bertz CT molecular complexity index is 42.3. The fourth-order valence-corrected chi connectivity index (χ4v) is 0. The fraction of sp³-hybridized carbons (Fsp3) is 0.750. The molecule has 0 aliphatic rings. The second kappa shape index (κ2) is 6.56. The van der Waals surface area contributed by atoms with Gasteiger partial charge in [-0.1, -0.05) is 27.7 Å².